The van der Waals surface area contributed by atoms with Crippen molar-refractivity contribution in [3.8, 4) is 12.3 Å². The Bertz CT molecular complexity index is 664. The van der Waals surface area contributed by atoms with E-state index in [1.54, 1.807) is 18.3 Å². The van der Waals surface area contributed by atoms with Gasteiger partial charge in [0.1, 0.15) is 5.82 Å². The number of hydrogen-bond acceptors (Lipinski definition) is 3. The zero-order valence-electron chi connectivity index (χ0n) is 10.7. The molecule has 1 aliphatic rings. The maximum absolute atomic E-state index is 11.9. The van der Waals surface area contributed by atoms with Gasteiger partial charge in [0, 0.05) is 17.7 Å². The van der Waals surface area contributed by atoms with Crippen LogP contribution in [0.25, 0.3) is 0 Å². The maximum Gasteiger partial charge on any atom is 0.324 e. The summed E-state index contributed by atoms with van der Waals surface area (Å²) in [6.07, 6.45) is 10.7. The van der Waals surface area contributed by atoms with Crippen LogP contribution in [0.4, 0.5) is 16.3 Å². The second kappa shape index (κ2) is 5.05. The minimum absolute atomic E-state index is 0.353. The second-order valence-corrected chi connectivity index (χ2v) is 4.63. The Morgan fingerprint density at radius 2 is 2.20 bits per heavy atom. The van der Waals surface area contributed by atoms with Crippen LogP contribution in [0.15, 0.2) is 24.5 Å². The van der Waals surface area contributed by atoms with Crippen molar-refractivity contribution in [1.82, 2.24) is 15.2 Å². The number of aromatic nitrogens is 3. The first-order chi connectivity index (χ1) is 9.76. The van der Waals surface area contributed by atoms with Gasteiger partial charge in [0.2, 0.25) is 0 Å². The minimum Gasteiger partial charge on any atom is -0.305 e. The molecule has 0 atom stereocenters. The lowest BCUT2D eigenvalue weighted by atomic mass is 10.2. The van der Waals surface area contributed by atoms with Crippen molar-refractivity contribution in [2.75, 3.05) is 10.6 Å². The fraction of sp³-hybridized carbons (Fsp3) is 0.214. The van der Waals surface area contributed by atoms with Crippen molar-refractivity contribution in [3.63, 3.8) is 0 Å². The molecule has 6 heteroatoms. The third kappa shape index (κ3) is 2.62. The molecule has 0 radical (unpaired) electrons. The number of carbonyl (C=O) groups is 1. The molecule has 0 spiro atoms. The minimum atomic E-state index is -0.353. The number of anilines is 2. The number of aromatic amines is 1. The van der Waals surface area contributed by atoms with Crippen molar-refractivity contribution >= 4 is 17.5 Å². The Morgan fingerprint density at radius 3 is 2.85 bits per heavy atom. The van der Waals surface area contributed by atoms with Crippen LogP contribution >= 0.6 is 0 Å². The molecule has 100 valence electrons. The summed E-state index contributed by atoms with van der Waals surface area (Å²) in [5.74, 6) is 3.40. The van der Waals surface area contributed by atoms with Gasteiger partial charge in [0.15, 0.2) is 0 Å². The van der Waals surface area contributed by atoms with Crippen molar-refractivity contribution in [3.05, 3.63) is 35.8 Å². The number of rotatable bonds is 3. The Hall–Kier alpha value is -2.81. The first-order valence-corrected chi connectivity index (χ1v) is 6.30. The Labute approximate surface area is 116 Å². The molecule has 0 unspecified atom stereocenters. The summed E-state index contributed by atoms with van der Waals surface area (Å²) < 4.78 is 0. The highest BCUT2D eigenvalue weighted by Gasteiger charge is 2.28. The van der Waals surface area contributed by atoms with E-state index in [-0.39, 0.29) is 6.03 Å². The van der Waals surface area contributed by atoms with Crippen LogP contribution in [-0.4, -0.2) is 21.2 Å². The van der Waals surface area contributed by atoms with E-state index in [9.17, 15) is 4.79 Å². The van der Waals surface area contributed by atoms with E-state index in [2.05, 4.69) is 31.7 Å². The number of amides is 2. The van der Waals surface area contributed by atoms with Gasteiger partial charge in [-0.3, -0.25) is 10.4 Å². The van der Waals surface area contributed by atoms with Gasteiger partial charge in [-0.05, 0) is 25.0 Å². The number of nitrogens with one attached hydrogen (secondary N) is 3. The van der Waals surface area contributed by atoms with Gasteiger partial charge in [-0.1, -0.05) is 5.92 Å². The van der Waals surface area contributed by atoms with E-state index in [4.69, 9.17) is 6.42 Å². The van der Waals surface area contributed by atoms with Crippen LogP contribution in [-0.2, 0) is 0 Å². The van der Waals surface area contributed by atoms with E-state index in [1.807, 2.05) is 0 Å². The zero-order chi connectivity index (χ0) is 13.9. The zero-order valence-corrected chi connectivity index (χ0v) is 10.7. The first kappa shape index (κ1) is 12.2. The lowest BCUT2D eigenvalue weighted by molar-refractivity contribution is 0.262. The predicted molar refractivity (Wildman–Crippen MR) is 75.4 cm³/mol. The van der Waals surface area contributed by atoms with Crippen LogP contribution in [0, 0.1) is 12.3 Å². The molecule has 0 saturated heterocycles. The maximum atomic E-state index is 11.9. The van der Waals surface area contributed by atoms with Crippen LogP contribution < -0.4 is 10.6 Å². The number of nitrogens with zero attached hydrogens (tertiary/aromatic N) is 2. The first-order valence-electron chi connectivity index (χ1n) is 6.30. The largest absolute Gasteiger partial charge is 0.324 e. The molecule has 2 amide bonds. The van der Waals surface area contributed by atoms with Crippen molar-refractivity contribution < 1.29 is 4.79 Å². The fourth-order valence-electron chi connectivity index (χ4n) is 1.90. The molecule has 6 nitrogen and oxygen atoms in total. The van der Waals surface area contributed by atoms with Gasteiger partial charge in [0.25, 0.3) is 0 Å². The molecule has 20 heavy (non-hydrogen) atoms. The standard InChI is InChI=1S/C14H13N5O/c1-2-9-3-6-12(15-7-9)18-14(20)17-11-8-16-19-13(11)10-4-5-10/h1,3,6-8,10H,4-5H2,(H,16,19)(H2,15,17,18,20). The van der Waals surface area contributed by atoms with Gasteiger partial charge in [-0.15, -0.1) is 6.42 Å². The lowest BCUT2D eigenvalue weighted by Crippen LogP contribution is -2.20. The fourth-order valence-corrected chi connectivity index (χ4v) is 1.90. The molecular formula is C14H13N5O. The third-order valence-electron chi connectivity index (χ3n) is 3.07. The van der Waals surface area contributed by atoms with E-state index in [0.717, 1.165) is 18.5 Å². The molecule has 1 saturated carbocycles. The summed E-state index contributed by atoms with van der Waals surface area (Å²) in [5.41, 5.74) is 2.36. The molecular weight excluding hydrogens is 254 g/mol. The van der Waals surface area contributed by atoms with Crippen molar-refractivity contribution in [2.45, 2.75) is 18.8 Å². The van der Waals surface area contributed by atoms with E-state index in [1.165, 1.54) is 6.20 Å². The number of urea groups is 1. The molecule has 1 fully saturated rings. The Balaban J connectivity index is 1.64. The highest BCUT2D eigenvalue weighted by atomic mass is 16.2. The Morgan fingerprint density at radius 1 is 1.35 bits per heavy atom. The van der Waals surface area contributed by atoms with Crippen LogP contribution in [0.1, 0.15) is 30.0 Å². The van der Waals surface area contributed by atoms with Gasteiger partial charge in [-0.2, -0.15) is 5.10 Å². The van der Waals surface area contributed by atoms with Crippen molar-refractivity contribution in [1.29, 1.82) is 0 Å². The number of H-pyrrole nitrogens is 1. The molecule has 1 aliphatic carbocycles. The summed E-state index contributed by atoms with van der Waals surface area (Å²) in [4.78, 5) is 15.9. The number of hydrogen-bond donors (Lipinski definition) is 3. The molecule has 0 aromatic carbocycles. The van der Waals surface area contributed by atoms with E-state index >= 15 is 0 Å². The lowest BCUT2D eigenvalue weighted by Gasteiger charge is -2.06. The smallest absolute Gasteiger partial charge is 0.305 e. The third-order valence-corrected chi connectivity index (χ3v) is 3.07. The summed E-state index contributed by atoms with van der Waals surface area (Å²) in [5, 5.41) is 12.3. The SMILES string of the molecule is C#Cc1ccc(NC(=O)Nc2cn[nH]c2C2CC2)nc1. The van der Waals surface area contributed by atoms with Crippen LogP contribution in [0.5, 0.6) is 0 Å². The normalized spacial score (nSPS) is 13.6. The molecule has 3 rings (SSSR count). The predicted octanol–water partition coefficient (Wildman–Crippen LogP) is 2.31. The van der Waals surface area contributed by atoms with Gasteiger partial charge < -0.3 is 5.32 Å². The molecule has 2 aromatic heterocycles. The number of terminal acetylenes is 1. The average Bonchev–Trinajstić information content (AvgIpc) is 3.20. The van der Waals surface area contributed by atoms with Crippen molar-refractivity contribution in [2.24, 2.45) is 0 Å². The van der Waals surface area contributed by atoms with E-state index < -0.39 is 0 Å². The summed E-state index contributed by atoms with van der Waals surface area (Å²) in [7, 11) is 0. The highest BCUT2D eigenvalue weighted by Crippen LogP contribution is 2.42. The molecule has 0 aliphatic heterocycles. The monoisotopic (exact) mass is 267 g/mol. The quantitative estimate of drug-likeness (QED) is 0.746. The second-order valence-electron chi connectivity index (χ2n) is 4.63. The van der Waals surface area contributed by atoms with Crippen LogP contribution in [0.2, 0.25) is 0 Å². The summed E-state index contributed by atoms with van der Waals surface area (Å²) in [6.45, 7) is 0. The van der Waals surface area contributed by atoms with E-state index in [0.29, 0.717) is 23.0 Å². The van der Waals surface area contributed by atoms with Crippen LogP contribution in [0.3, 0.4) is 0 Å². The topological polar surface area (TPSA) is 82.7 Å². The summed E-state index contributed by atoms with van der Waals surface area (Å²) in [6, 6.07) is 3.02. The number of carbonyl (C=O) groups excluding carboxylic acids is 1. The highest BCUT2D eigenvalue weighted by molar-refractivity contribution is 5.99. The Kier molecular flexibility index (Phi) is 3.09. The molecule has 3 N–H and O–H groups in total. The summed E-state index contributed by atoms with van der Waals surface area (Å²) >= 11 is 0. The molecule has 2 heterocycles. The van der Waals surface area contributed by atoms with Gasteiger partial charge in [-0.25, -0.2) is 9.78 Å². The molecule has 0 bridgehead atoms. The van der Waals surface area contributed by atoms with Gasteiger partial charge >= 0.3 is 6.03 Å². The molecule has 2 aromatic rings. The van der Waals surface area contributed by atoms with Gasteiger partial charge in [0.05, 0.1) is 17.6 Å². The average molecular weight is 267 g/mol. The number of pyridine rings is 1.